The topological polar surface area (TPSA) is 89.3 Å². The second kappa shape index (κ2) is 6.96. The van der Waals surface area contributed by atoms with E-state index in [9.17, 15) is 13.2 Å². The van der Waals surface area contributed by atoms with Gasteiger partial charge in [0.25, 0.3) is 5.91 Å². The Balaban J connectivity index is 3.22. The van der Waals surface area contributed by atoms with Gasteiger partial charge in [0, 0.05) is 6.04 Å². The van der Waals surface area contributed by atoms with Crippen LogP contribution in [0.15, 0.2) is 17.0 Å². The number of carbonyl (C=O) groups is 1. The fourth-order valence-electron chi connectivity index (χ4n) is 1.91. The average molecular weight is 353 g/mol. The predicted octanol–water partition coefficient (Wildman–Crippen LogP) is 2.81. The summed E-state index contributed by atoms with van der Waals surface area (Å²) in [6.45, 7) is 5.91. The van der Waals surface area contributed by atoms with E-state index in [4.69, 9.17) is 28.3 Å². The van der Waals surface area contributed by atoms with E-state index in [1.165, 1.54) is 6.07 Å². The van der Waals surface area contributed by atoms with Crippen molar-refractivity contribution >= 4 is 39.1 Å². The van der Waals surface area contributed by atoms with E-state index < -0.39 is 15.9 Å². The molecule has 0 aliphatic carbocycles. The van der Waals surface area contributed by atoms with Crippen LogP contribution in [0.1, 0.15) is 37.6 Å². The molecule has 0 saturated heterocycles. The fraction of sp³-hybridized carbons (Fsp3) is 0.462. The number of hydrogen-bond acceptors (Lipinski definition) is 3. The van der Waals surface area contributed by atoms with Gasteiger partial charge in [0.05, 0.1) is 15.6 Å². The largest absolute Gasteiger partial charge is 0.349 e. The molecule has 1 atom stereocenters. The number of amides is 1. The minimum absolute atomic E-state index is 0.0317. The number of hydrogen-bond donors (Lipinski definition) is 2. The van der Waals surface area contributed by atoms with Gasteiger partial charge in [-0.25, -0.2) is 13.6 Å². The van der Waals surface area contributed by atoms with E-state index in [0.717, 1.165) is 12.5 Å². The van der Waals surface area contributed by atoms with Crippen LogP contribution in [-0.4, -0.2) is 20.4 Å². The van der Waals surface area contributed by atoms with Gasteiger partial charge >= 0.3 is 0 Å². The number of nitrogens with two attached hydrogens (primary N) is 1. The molecule has 0 heterocycles. The normalized spacial score (nSPS) is 13.3. The number of sulfonamides is 1. The van der Waals surface area contributed by atoms with Crippen LogP contribution in [0.4, 0.5) is 0 Å². The van der Waals surface area contributed by atoms with Gasteiger partial charge in [-0.3, -0.25) is 4.79 Å². The van der Waals surface area contributed by atoms with Crippen LogP contribution in [0.3, 0.4) is 0 Å². The van der Waals surface area contributed by atoms with Crippen molar-refractivity contribution in [3.8, 4) is 0 Å². The summed E-state index contributed by atoms with van der Waals surface area (Å²) in [4.78, 5) is 11.9. The number of carbonyl (C=O) groups excluding carboxylic acids is 1. The molecule has 8 heteroatoms. The van der Waals surface area contributed by atoms with Crippen LogP contribution in [0.5, 0.6) is 0 Å². The molecule has 1 aromatic carbocycles. The molecule has 0 spiro atoms. The lowest BCUT2D eigenvalue weighted by Gasteiger charge is -2.21. The molecule has 0 aliphatic rings. The fourth-order valence-corrected chi connectivity index (χ4v) is 3.31. The Hall–Kier alpha value is -0.820. The first-order valence-corrected chi connectivity index (χ1v) is 8.70. The van der Waals surface area contributed by atoms with Crippen molar-refractivity contribution in [2.45, 2.75) is 38.1 Å². The molecule has 0 fully saturated rings. The van der Waals surface area contributed by atoms with Gasteiger partial charge in [-0.15, -0.1) is 0 Å². The smallest absolute Gasteiger partial charge is 0.253 e. The van der Waals surface area contributed by atoms with Crippen LogP contribution in [0.25, 0.3) is 0 Å². The molecule has 0 aliphatic heterocycles. The van der Waals surface area contributed by atoms with Crippen molar-refractivity contribution in [3.63, 3.8) is 0 Å². The Labute approximate surface area is 134 Å². The molecule has 21 heavy (non-hydrogen) atoms. The second-order valence-electron chi connectivity index (χ2n) is 5.04. The van der Waals surface area contributed by atoms with Crippen LogP contribution >= 0.6 is 23.2 Å². The van der Waals surface area contributed by atoms with Gasteiger partial charge in [0.2, 0.25) is 10.0 Å². The number of primary sulfonamides is 1. The predicted molar refractivity (Wildman–Crippen MR) is 84.2 cm³/mol. The summed E-state index contributed by atoms with van der Waals surface area (Å²) >= 11 is 11.8. The molecule has 0 bridgehead atoms. The lowest BCUT2D eigenvalue weighted by Crippen LogP contribution is -2.38. The van der Waals surface area contributed by atoms with E-state index in [-0.39, 0.29) is 32.5 Å². The molecular weight excluding hydrogens is 335 g/mol. The molecule has 1 amide bonds. The highest BCUT2D eigenvalue weighted by Crippen LogP contribution is 2.28. The highest BCUT2D eigenvalue weighted by atomic mass is 35.5. The standard InChI is InChI=1S/C13H18Cl2N2O3S/c1-4-11(7(2)3)17-13(18)8-5-12(21(16,19)20)10(15)6-9(8)14/h5-7,11H,4H2,1-3H3,(H,17,18)(H2,16,19,20). The van der Waals surface area contributed by atoms with Gasteiger partial charge in [-0.2, -0.15) is 0 Å². The minimum atomic E-state index is -4.03. The van der Waals surface area contributed by atoms with Crippen molar-refractivity contribution in [2.75, 3.05) is 0 Å². The number of benzene rings is 1. The Morgan fingerprint density at radius 1 is 1.29 bits per heavy atom. The summed E-state index contributed by atoms with van der Waals surface area (Å²) in [5, 5.41) is 7.84. The summed E-state index contributed by atoms with van der Waals surface area (Å²) in [6.07, 6.45) is 0.747. The molecule has 3 N–H and O–H groups in total. The zero-order valence-electron chi connectivity index (χ0n) is 12.0. The lowest BCUT2D eigenvalue weighted by atomic mass is 10.0. The molecule has 0 radical (unpaired) electrons. The zero-order chi connectivity index (χ0) is 16.4. The van der Waals surface area contributed by atoms with Crippen LogP contribution in [-0.2, 0) is 10.0 Å². The van der Waals surface area contributed by atoms with E-state index in [1.807, 2.05) is 20.8 Å². The van der Waals surface area contributed by atoms with Gasteiger partial charge in [-0.05, 0) is 24.5 Å². The first kappa shape index (κ1) is 18.2. The van der Waals surface area contributed by atoms with Gasteiger partial charge in [-0.1, -0.05) is 44.0 Å². The highest BCUT2D eigenvalue weighted by molar-refractivity contribution is 7.89. The lowest BCUT2D eigenvalue weighted by molar-refractivity contribution is 0.0924. The second-order valence-corrected chi connectivity index (χ2v) is 7.38. The third-order valence-corrected chi connectivity index (χ3v) is 4.82. The monoisotopic (exact) mass is 352 g/mol. The maximum absolute atomic E-state index is 12.3. The third-order valence-electron chi connectivity index (χ3n) is 3.13. The average Bonchev–Trinajstić information content (AvgIpc) is 2.33. The van der Waals surface area contributed by atoms with Crippen molar-refractivity contribution in [2.24, 2.45) is 11.1 Å². The van der Waals surface area contributed by atoms with Crippen molar-refractivity contribution in [1.29, 1.82) is 0 Å². The molecular formula is C13H18Cl2N2O3S. The summed E-state index contributed by atoms with van der Waals surface area (Å²) in [6, 6.07) is 2.26. The summed E-state index contributed by atoms with van der Waals surface area (Å²) < 4.78 is 22.9. The molecule has 0 aromatic heterocycles. The maximum Gasteiger partial charge on any atom is 0.253 e. The van der Waals surface area contributed by atoms with E-state index in [0.29, 0.717) is 0 Å². The Bertz CT molecular complexity index is 645. The molecule has 1 rings (SSSR count). The van der Waals surface area contributed by atoms with Gasteiger partial charge < -0.3 is 5.32 Å². The highest BCUT2D eigenvalue weighted by Gasteiger charge is 2.22. The Kier molecular flexibility index (Phi) is 6.04. The van der Waals surface area contributed by atoms with Crippen LogP contribution < -0.4 is 10.5 Å². The van der Waals surface area contributed by atoms with E-state index in [2.05, 4.69) is 5.32 Å². The Morgan fingerprint density at radius 2 is 1.86 bits per heavy atom. The number of rotatable bonds is 5. The third kappa shape index (κ3) is 4.57. The van der Waals surface area contributed by atoms with Crippen molar-refractivity contribution in [3.05, 3.63) is 27.7 Å². The molecule has 1 unspecified atom stereocenters. The zero-order valence-corrected chi connectivity index (χ0v) is 14.3. The van der Waals surface area contributed by atoms with Gasteiger partial charge in [0.1, 0.15) is 4.90 Å². The summed E-state index contributed by atoms with van der Waals surface area (Å²) in [7, 11) is -4.03. The van der Waals surface area contributed by atoms with Crippen molar-refractivity contribution in [1.82, 2.24) is 5.32 Å². The molecule has 118 valence electrons. The SMILES string of the molecule is CCC(NC(=O)c1cc(S(N)(=O)=O)c(Cl)cc1Cl)C(C)C. The van der Waals surface area contributed by atoms with Crippen LogP contribution in [0, 0.1) is 5.92 Å². The molecule has 1 aromatic rings. The summed E-state index contributed by atoms with van der Waals surface area (Å²) in [5.74, 6) is -0.218. The Morgan fingerprint density at radius 3 is 2.29 bits per heavy atom. The maximum atomic E-state index is 12.3. The summed E-state index contributed by atoms with van der Waals surface area (Å²) in [5.41, 5.74) is 0.0317. The molecule has 5 nitrogen and oxygen atoms in total. The molecule has 0 saturated carbocycles. The first-order valence-electron chi connectivity index (χ1n) is 6.40. The van der Waals surface area contributed by atoms with E-state index in [1.54, 1.807) is 0 Å². The van der Waals surface area contributed by atoms with Crippen molar-refractivity contribution < 1.29 is 13.2 Å². The van der Waals surface area contributed by atoms with E-state index >= 15 is 0 Å². The van der Waals surface area contributed by atoms with Gasteiger partial charge in [0.15, 0.2) is 0 Å². The number of nitrogens with one attached hydrogen (secondary N) is 1. The minimum Gasteiger partial charge on any atom is -0.349 e. The van der Waals surface area contributed by atoms with Crippen LogP contribution in [0.2, 0.25) is 10.0 Å². The number of halogens is 2. The quantitative estimate of drug-likeness (QED) is 0.853. The first-order chi connectivity index (χ1) is 9.57.